The molecule has 0 saturated carbocycles. The van der Waals surface area contributed by atoms with Crippen LogP contribution in [0.1, 0.15) is 11.1 Å². The van der Waals surface area contributed by atoms with Gasteiger partial charge in [-0.1, -0.05) is 12.1 Å². The molecule has 1 amide bonds. The van der Waals surface area contributed by atoms with Crippen LogP contribution in [0.15, 0.2) is 53.4 Å². The summed E-state index contributed by atoms with van der Waals surface area (Å²) in [7, 11) is -3.04. The maximum Gasteiger partial charge on any atom is 0.416 e. The predicted octanol–water partition coefficient (Wildman–Crippen LogP) is 3.03. The standard InChI is InChI=1S/C17H15F3N2O5S/c1-27-15-10-12(17(18,19)20)6-7-14(15)22-28(25,26)13-4-2-3-11(9-13)5-8-16(23)21-24/h2-10,22,24H,1H3,(H,21,23)/b8-5+. The quantitative estimate of drug-likeness (QED) is 0.381. The molecule has 0 aliphatic heterocycles. The number of sulfonamides is 1. The molecule has 2 aromatic carbocycles. The van der Waals surface area contributed by atoms with Crippen molar-refractivity contribution in [1.29, 1.82) is 0 Å². The van der Waals surface area contributed by atoms with Gasteiger partial charge in [0.15, 0.2) is 0 Å². The zero-order valence-corrected chi connectivity index (χ0v) is 15.1. The number of alkyl halides is 3. The molecule has 11 heteroatoms. The summed E-state index contributed by atoms with van der Waals surface area (Å²) in [6.45, 7) is 0. The van der Waals surface area contributed by atoms with Crippen LogP contribution < -0.4 is 14.9 Å². The van der Waals surface area contributed by atoms with E-state index in [0.29, 0.717) is 11.6 Å². The number of benzene rings is 2. The fourth-order valence-electron chi connectivity index (χ4n) is 2.15. The van der Waals surface area contributed by atoms with Crippen molar-refractivity contribution in [2.75, 3.05) is 11.8 Å². The molecule has 0 aromatic heterocycles. The van der Waals surface area contributed by atoms with Crippen molar-refractivity contribution in [3.63, 3.8) is 0 Å². The third-order valence-corrected chi connectivity index (χ3v) is 4.84. The average molecular weight is 416 g/mol. The lowest BCUT2D eigenvalue weighted by Crippen LogP contribution is -2.15. The lowest BCUT2D eigenvalue weighted by Gasteiger charge is -2.14. The SMILES string of the molecule is COc1cc(C(F)(F)F)ccc1NS(=O)(=O)c1cccc(/C=C/C(=O)NO)c1. The Morgan fingerprint density at radius 2 is 1.89 bits per heavy atom. The van der Waals surface area contributed by atoms with Gasteiger partial charge in [0.25, 0.3) is 15.9 Å². The van der Waals surface area contributed by atoms with Crippen LogP contribution in [0.3, 0.4) is 0 Å². The van der Waals surface area contributed by atoms with E-state index >= 15 is 0 Å². The smallest absolute Gasteiger partial charge is 0.416 e. The molecule has 3 N–H and O–H groups in total. The summed E-state index contributed by atoms with van der Waals surface area (Å²) in [5.74, 6) is -1.10. The number of anilines is 1. The Bertz CT molecular complexity index is 1000. The Hall–Kier alpha value is -3.05. The van der Waals surface area contributed by atoms with E-state index in [1.54, 1.807) is 0 Å². The molecule has 0 unspecified atom stereocenters. The lowest BCUT2D eigenvalue weighted by molar-refractivity contribution is -0.137. The Balaban J connectivity index is 2.34. The van der Waals surface area contributed by atoms with Gasteiger partial charge in [0.1, 0.15) is 5.75 Å². The molecule has 2 rings (SSSR count). The summed E-state index contributed by atoms with van der Waals surface area (Å²) in [4.78, 5) is 10.8. The van der Waals surface area contributed by atoms with Crippen molar-refractivity contribution >= 4 is 27.7 Å². The summed E-state index contributed by atoms with van der Waals surface area (Å²) >= 11 is 0. The third-order valence-electron chi connectivity index (χ3n) is 3.48. The van der Waals surface area contributed by atoms with Crippen LogP contribution in [0, 0.1) is 0 Å². The number of nitrogens with one attached hydrogen (secondary N) is 2. The van der Waals surface area contributed by atoms with Gasteiger partial charge in [0.2, 0.25) is 0 Å². The first-order valence-corrected chi connectivity index (χ1v) is 9.05. The second kappa shape index (κ2) is 8.31. The summed E-state index contributed by atoms with van der Waals surface area (Å²) in [6.07, 6.45) is -2.35. The number of methoxy groups -OCH3 is 1. The number of carbonyl (C=O) groups excluding carboxylic acids is 1. The van der Waals surface area contributed by atoms with Crippen LogP contribution in [0.25, 0.3) is 6.08 Å². The van der Waals surface area contributed by atoms with Crippen LogP contribution >= 0.6 is 0 Å². The minimum Gasteiger partial charge on any atom is -0.495 e. The summed E-state index contributed by atoms with van der Waals surface area (Å²) in [5.41, 5.74) is 0.574. The van der Waals surface area contributed by atoms with Crippen molar-refractivity contribution in [1.82, 2.24) is 5.48 Å². The van der Waals surface area contributed by atoms with E-state index in [0.717, 1.165) is 25.3 Å². The third kappa shape index (κ3) is 5.24. The molecule has 0 saturated heterocycles. The first kappa shape index (κ1) is 21.3. The maximum atomic E-state index is 12.8. The fraction of sp³-hybridized carbons (Fsp3) is 0.118. The van der Waals surface area contributed by atoms with E-state index in [4.69, 9.17) is 9.94 Å². The van der Waals surface area contributed by atoms with Crippen LogP contribution in [-0.2, 0) is 21.0 Å². The van der Waals surface area contributed by atoms with Gasteiger partial charge in [0, 0.05) is 6.08 Å². The monoisotopic (exact) mass is 416 g/mol. The van der Waals surface area contributed by atoms with Gasteiger partial charge in [0.05, 0.1) is 23.3 Å². The molecule has 7 nitrogen and oxygen atoms in total. The van der Waals surface area contributed by atoms with Crippen LogP contribution in [0.4, 0.5) is 18.9 Å². The van der Waals surface area contributed by atoms with E-state index in [1.807, 2.05) is 0 Å². The highest BCUT2D eigenvalue weighted by atomic mass is 32.2. The van der Waals surface area contributed by atoms with E-state index in [9.17, 15) is 26.4 Å². The topological polar surface area (TPSA) is 105 Å². The van der Waals surface area contributed by atoms with E-state index < -0.39 is 27.7 Å². The molecule has 0 heterocycles. The molecule has 0 aliphatic rings. The van der Waals surface area contributed by atoms with Crippen LogP contribution in [0.2, 0.25) is 0 Å². The Labute approximate surface area is 158 Å². The molecule has 0 radical (unpaired) electrons. The first-order valence-electron chi connectivity index (χ1n) is 7.57. The molecule has 0 aliphatic carbocycles. The van der Waals surface area contributed by atoms with Crippen molar-refractivity contribution in [2.45, 2.75) is 11.1 Å². The second-order valence-electron chi connectivity index (χ2n) is 5.40. The largest absolute Gasteiger partial charge is 0.495 e. The molecule has 0 fully saturated rings. The number of halogens is 3. The van der Waals surface area contributed by atoms with Crippen LogP contribution in [-0.4, -0.2) is 26.6 Å². The predicted molar refractivity (Wildman–Crippen MR) is 94.2 cm³/mol. The Morgan fingerprint density at radius 3 is 2.50 bits per heavy atom. The van der Waals surface area contributed by atoms with E-state index in [-0.39, 0.29) is 16.3 Å². The highest BCUT2D eigenvalue weighted by Crippen LogP contribution is 2.35. The zero-order chi connectivity index (χ0) is 20.9. The van der Waals surface area contributed by atoms with Gasteiger partial charge in [-0.3, -0.25) is 14.7 Å². The lowest BCUT2D eigenvalue weighted by atomic mass is 10.2. The molecule has 0 bridgehead atoms. The fourth-order valence-corrected chi connectivity index (χ4v) is 3.28. The summed E-state index contributed by atoms with van der Waals surface area (Å²) in [5, 5.41) is 8.44. The number of rotatable bonds is 6. The molecule has 28 heavy (non-hydrogen) atoms. The van der Waals surface area contributed by atoms with Gasteiger partial charge in [-0.25, -0.2) is 13.9 Å². The Morgan fingerprint density at radius 1 is 1.18 bits per heavy atom. The molecular formula is C17H15F3N2O5S. The number of ether oxygens (including phenoxy) is 1. The maximum absolute atomic E-state index is 12.8. The van der Waals surface area contributed by atoms with E-state index in [2.05, 4.69) is 4.72 Å². The minimum atomic E-state index is -4.60. The normalized spacial score (nSPS) is 12.0. The second-order valence-corrected chi connectivity index (χ2v) is 7.08. The summed E-state index contributed by atoms with van der Waals surface area (Å²) < 4.78 is 70.5. The number of hydrogen-bond donors (Lipinski definition) is 3. The highest BCUT2D eigenvalue weighted by Gasteiger charge is 2.31. The number of hydrogen-bond acceptors (Lipinski definition) is 5. The summed E-state index contributed by atoms with van der Waals surface area (Å²) in [6, 6.07) is 7.79. The molecule has 0 spiro atoms. The van der Waals surface area contributed by atoms with E-state index in [1.165, 1.54) is 35.8 Å². The van der Waals surface area contributed by atoms with Crippen LogP contribution in [0.5, 0.6) is 5.75 Å². The van der Waals surface area contributed by atoms with Crippen molar-refractivity contribution in [3.8, 4) is 5.75 Å². The first-order chi connectivity index (χ1) is 13.1. The molecule has 150 valence electrons. The van der Waals surface area contributed by atoms with Gasteiger partial charge in [-0.15, -0.1) is 0 Å². The minimum absolute atomic E-state index is 0.170. The average Bonchev–Trinajstić information content (AvgIpc) is 2.65. The number of hydroxylamine groups is 1. The van der Waals surface area contributed by atoms with Gasteiger partial charge in [-0.05, 0) is 42.0 Å². The molecule has 0 atom stereocenters. The van der Waals surface area contributed by atoms with Gasteiger partial charge >= 0.3 is 6.18 Å². The van der Waals surface area contributed by atoms with Crippen molar-refractivity contribution < 1.29 is 36.3 Å². The molecule has 2 aromatic rings. The van der Waals surface area contributed by atoms with Gasteiger partial charge < -0.3 is 4.74 Å². The Kier molecular flexibility index (Phi) is 6.31. The highest BCUT2D eigenvalue weighted by molar-refractivity contribution is 7.92. The van der Waals surface area contributed by atoms with Crippen molar-refractivity contribution in [2.24, 2.45) is 0 Å². The zero-order valence-electron chi connectivity index (χ0n) is 14.3. The molecular weight excluding hydrogens is 401 g/mol. The van der Waals surface area contributed by atoms with Gasteiger partial charge in [-0.2, -0.15) is 13.2 Å². The van der Waals surface area contributed by atoms with Crippen molar-refractivity contribution in [3.05, 3.63) is 59.7 Å². The number of carbonyl (C=O) groups is 1. The number of amides is 1.